The molecular formula is C29H38N4O7. The Labute approximate surface area is 233 Å². The first kappa shape index (κ1) is 31.8. The van der Waals surface area contributed by atoms with Crippen LogP contribution in [0.15, 0.2) is 65.6 Å². The molecule has 216 valence electrons. The molecule has 1 unspecified atom stereocenters. The average Bonchev–Trinajstić information content (AvgIpc) is 2.92. The van der Waals surface area contributed by atoms with Gasteiger partial charge in [-0.25, -0.2) is 9.59 Å². The van der Waals surface area contributed by atoms with E-state index in [0.717, 1.165) is 12.0 Å². The van der Waals surface area contributed by atoms with Crippen LogP contribution >= 0.6 is 0 Å². The molecule has 3 amide bonds. The largest absolute Gasteiger partial charge is 0.463 e. The molecule has 0 fully saturated rings. The highest BCUT2D eigenvalue weighted by molar-refractivity contribution is 5.96. The van der Waals surface area contributed by atoms with E-state index < -0.39 is 29.6 Å². The van der Waals surface area contributed by atoms with Gasteiger partial charge < -0.3 is 30.0 Å². The molecule has 0 bridgehead atoms. The van der Waals surface area contributed by atoms with Gasteiger partial charge in [0.25, 0.3) is 5.56 Å². The maximum Gasteiger partial charge on any atom is 0.408 e. The van der Waals surface area contributed by atoms with Crippen molar-refractivity contribution in [3.05, 3.63) is 76.7 Å². The molecule has 11 heteroatoms. The molecule has 1 atom stereocenters. The van der Waals surface area contributed by atoms with Crippen LogP contribution in [0.1, 0.15) is 45.6 Å². The standard InChI is InChI=1S/C29H38N4O7/c1-4-39-26(35)15-9-8-13-23(32-29(38)40-20-22-11-6-5-7-12-22)27(36)31-24-14-10-18-33(28(24)37)19-25(34)30-17-16-21(2)3/h5-7,9-12,14-15,18,21,23H,4,8,13,16-17,19-20H2,1-3H3,(H,30,34)(H,31,36)(H,32,38)/b15-9+. The van der Waals surface area contributed by atoms with Crippen LogP contribution in [0.25, 0.3) is 0 Å². The third kappa shape index (κ3) is 12.0. The second-order valence-electron chi connectivity index (χ2n) is 9.37. The van der Waals surface area contributed by atoms with E-state index in [1.807, 2.05) is 32.0 Å². The molecule has 2 aromatic rings. The third-order valence-corrected chi connectivity index (χ3v) is 5.62. The minimum atomic E-state index is -1.08. The van der Waals surface area contributed by atoms with E-state index in [4.69, 9.17) is 9.47 Å². The Morgan fingerprint density at radius 2 is 1.75 bits per heavy atom. The van der Waals surface area contributed by atoms with E-state index >= 15 is 0 Å². The van der Waals surface area contributed by atoms with Gasteiger partial charge in [0, 0.05) is 18.8 Å². The predicted molar refractivity (Wildman–Crippen MR) is 150 cm³/mol. The number of amides is 3. The first-order chi connectivity index (χ1) is 19.2. The van der Waals surface area contributed by atoms with E-state index in [1.54, 1.807) is 19.1 Å². The molecule has 3 N–H and O–H groups in total. The van der Waals surface area contributed by atoms with Crippen LogP contribution in [0.3, 0.4) is 0 Å². The Morgan fingerprint density at radius 3 is 2.45 bits per heavy atom. The number of pyridine rings is 1. The van der Waals surface area contributed by atoms with Crippen LogP contribution in [0.2, 0.25) is 0 Å². The van der Waals surface area contributed by atoms with Crippen molar-refractivity contribution in [1.82, 2.24) is 15.2 Å². The van der Waals surface area contributed by atoms with Gasteiger partial charge in [0.05, 0.1) is 6.61 Å². The maximum atomic E-state index is 13.1. The van der Waals surface area contributed by atoms with Gasteiger partial charge in [-0.15, -0.1) is 0 Å². The smallest absolute Gasteiger partial charge is 0.408 e. The second-order valence-corrected chi connectivity index (χ2v) is 9.37. The predicted octanol–water partition coefficient (Wildman–Crippen LogP) is 3.14. The number of alkyl carbamates (subject to hydrolysis) is 1. The Kier molecular flexibility index (Phi) is 13.7. The van der Waals surface area contributed by atoms with Crippen LogP contribution in [-0.2, 0) is 37.0 Å². The van der Waals surface area contributed by atoms with Crippen LogP contribution < -0.4 is 21.5 Å². The van der Waals surface area contributed by atoms with E-state index in [2.05, 4.69) is 16.0 Å². The monoisotopic (exact) mass is 554 g/mol. The van der Waals surface area contributed by atoms with Crippen molar-refractivity contribution in [2.45, 2.75) is 59.2 Å². The van der Waals surface area contributed by atoms with E-state index in [0.29, 0.717) is 12.5 Å². The number of anilines is 1. The number of nitrogens with one attached hydrogen (secondary N) is 3. The zero-order chi connectivity index (χ0) is 29.3. The first-order valence-corrected chi connectivity index (χ1v) is 13.3. The number of allylic oxidation sites excluding steroid dienone is 1. The quantitative estimate of drug-likeness (QED) is 0.227. The zero-order valence-electron chi connectivity index (χ0n) is 23.2. The Morgan fingerprint density at radius 1 is 1.00 bits per heavy atom. The van der Waals surface area contributed by atoms with Crippen molar-refractivity contribution in [3.8, 4) is 0 Å². The molecule has 1 aromatic heterocycles. The van der Waals surface area contributed by atoms with Gasteiger partial charge in [0.15, 0.2) is 0 Å². The zero-order valence-corrected chi connectivity index (χ0v) is 23.2. The summed E-state index contributed by atoms with van der Waals surface area (Å²) in [5.41, 5.74) is 0.158. The van der Waals surface area contributed by atoms with E-state index in [9.17, 15) is 24.0 Å². The number of esters is 1. The molecular weight excluding hydrogens is 516 g/mol. The summed E-state index contributed by atoms with van der Waals surface area (Å²) >= 11 is 0. The van der Waals surface area contributed by atoms with Crippen molar-refractivity contribution < 1.29 is 28.7 Å². The molecule has 1 aromatic carbocycles. The molecule has 0 saturated carbocycles. The SMILES string of the molecule is CCOC(=O)/C=C/CCC(NC(=O)OCc1ccccc1)C(=O)Nc1cccn(CC(=O)NCCC(C)C)c1=O. The normalized spacial score (nSPS) is 11.6. The summed E-state index contributed by atoms with van der Waals surface area (Å²) in [5.74, 6) is -1.06. The van der Waals surface area contributed by atoms with E-state index in [-0.39, 0.29) is 44.2 Å². The molecule has 2 rings (SSSR count). The minimum absolute atomic E-state index is 0.00635. The molecule has 0 aliphatic heterocycles. The molecule has 40 heavy (non-hydrogen) atoms. The highest BCUT2D eigenvalue weighted by atomic mass is 16.5. The Hall–Kier alpha value is -4.41. The van der Waals surface area contributed by atoms with Crippen LogP contribution in [0.4, 0.5) is 10.5 Å². The molecule has 0 spiro atoms. The number of hydrogen-bond donors (Lipinski definition) is 3. The Balaban J connectivity index is 2.07. The average molecular weight is 555 g/mol. The van der Waals surface area contributed by atoms with E-state index in [1.165, 1.54) is 35.0 Å². The fourth-order valence-electron chi connectivity index (χ4n) is 3.50. The van der Waals surface area contributed by atoms with Crippen molar-refractivity contribution in [3.63, 3.8) is 0 Å². The lowest BCUT2D eigenvalue weighted by molar-refractivity contribution is -0.137. The fourth-order valence-corrected chi connectivity index (χ4v) is 3.50. The highest BCUT2D eigenvalue weighted by Gasteiger charge is 2.22. The molecule has 11 nitrogen and oxygen atoms in total. The number of carbonyl (C=O) groups excluding carboxylic acids is 4. The van der Waals surface area contributed by atoms with Gasteiger partial charge in [-0.3, -0.25) is 14.4 Å². The van der Waals surface area contributed by atoms with Crippen molar-refractivity contribution in [2.24, 2.45) is 5.92 Å². The number of ether oxygens (including phenoxy) is 2. The summed E-state index contributed by atoms with van der Waals surface area (Å²) in [4.78, 5) is 62.3. The lowest BCUT2D eigenvalue weighted by Gasteiger charge is -2.18. The topological polar surface area (TPSA) is 145 Å². The summed E-state index contributed by atoms with van der Waals surface area (Å²) in [6, 6.07) is 10.9. The molecule has 0 radical (unpaired) electrons. The van der Waals surface area contributed by atoms with Crippen LogP contribution in [0, 0.1) is 5.92 Å². The summed E-state index contributed by atoms with van der Waals surface area (Å²) < 4.78 is 11.3. The van der Waals surface area contributed by atoms with Crippen molar-refractivity contribution >= 4 is 29.6 Å². The summed E-state index contributed by atoms with van der Waals surface area (Å²) in [6.07, 6.45) is 4.59. The number of benzene rings is 1. The molecule has 1 heterocycles. The van der Waals surface area contributed by atoms with Crippen LogP contribution in [-0.4, -0.2) is 47.6 Å². The summed E-state index contributed by atoms with van der Waals surface area (Å²) in [6.45, 7) is 6.32. The van der Waals surface area contributed by atoms with Gasteiger partial charge in [-0.2, -0.15) is 0 Å². The molecule has 0 saturated heterocycles. The Bertz CT molecular complexity index is 1210. The number of carbonyl (C=O) groups is 4. The maximum absolute atomic E-state index is 13.1. The number of aromatic nitrogens is 1. The molecule has 0 aliphatic rings. The molecule has 0 aliphatic carbocycles. The van der Waals surface area contributed by atoms with Gasteiger partial charge >= 0.3 is 12.1 Å². The third-order valence-electron chi connectivity index (χ3n) is 5.62. The number of rotatable bonds is 15. The van der Waals surface area contributed by atoms with Gasteiger partial charge in [-0.1, -0.05) is 50.3 Å². The highest BCUT2D eigenvalue weighted by Crippen LogP contribution is 2.07. The van der Waals surface area contributed by atoms with Gasteiger partial charge in [0.2, 0.25) is 11.8 Å². The van der Waals surface area contributed by atoms with Crippen molar-refractivity contribution in [1.29, 1.82) is 0 Å². The number of hydrogen-bond acceptors (Lipinski definition) is 7. The lowest BCUT2D eigenvalue weighted by atomic mass is 10.1. The lowest BCUT2D eigenvalue weighted by Crippen LogP contribution is -2.44. The van der Waals surface area contributed by atoms with Crippen LogP contribution in [0.5, 0.6) is 0 Å². The minimum Gasteiger partial charge on any atom is -0.463 e. The summed E-state index contributed by atoms with van der Waals surface area (Å²) in [5, 5.41) is 7.84. The first-order valence-electron chi connectivity index (χ1n) is 13.3. The number of nitrogens with zero attached hydrogens (tertiary/aromatic N) is 1. The fraction of sp³-hybridized carbons (Fsp3) is 0.414. The van der Waals surface area contributed by atoms with Gasteiger partial charge in [-0.05, 0) is 49.8 Å². The van der Waals surface area contributed by atoms with Gasteiger partial charge in [0.1, 0.15) is 24.9 Å². The summed E-state index contributed by atoms with van der Waals surface area (Å²) in [7, 11) is 0. The van der Waals surface area contributed by atoms with Crippen molar-refractivity contribution in [2.75, 3.05) is 18.5 Å². The second kappa shape index (κ2) is 17.2.